The van der Waals surface area contributed by atoms with Crippen LogP contribution in [0.2, 0.25) is 0 Å². The van der Waals surface area contributed by atoms with Gasteiger partial charge in [-0.2, -0.15) is 4.99 Å². The van der Waals surface area contributed by atoms with E-state index in [4.69, 9.17) is 11.5 Å². The van der Waals surface area contributed by atoms with E-state index in [1.807, 2.05) is 23.1 Å². The number of nitrogens with one attached hydrogen (secondary N) is 2. The van der Waals surface area contributed by atoms with E-state index in [1.165, 1.54) is 6.42 Å². The highest BCUT2D eigenvalue weighted by molar-refractivity contribution is 6.06. The number of fused-ring (bicyclic) bond motifs is 1. The number of carbonyl (C=O) groups excluding carboxylic acids is 1. The van der Waals surface area contributed by atoms with Gasteiger partial charge in [0.05, 0.1) is 0 Å². The maximum atomic E-state index is 11.6. The number of hydrogen-bond acceptors (Lipinski definition) is 6. The van der Waals surface area contributed by atoms with Crippen LogP contribution in [0.5, 0.6) is 0 Å². The summed E-state index contributed by atoms with van der Waals surface area (Å²) in [6.07, 6.45) is 5.11. The predicted molar refractivity (Wildman–Crippen MR) is 93.8 cm³/mol. The first-order valence-corrected chi connectivity index (χ1v) is 8.25. The van der Waals surface area contributed by atoms with Crippen molar-refractivity contribution in [3.63, 3.8) is 0 Å². The molecule has 1 saturated carbocycles. The number of amides is 2. The molecule has 0 unspecified atom stereocenters. The standard InChI is InChI=1S/C16H21N7O/c17-13-21-14(18)23(16(22-13)6-2-1-3-7-16)11-5-4-10-9-19-15(24)20-12(10)8-11/h4-5,8H,1-3,6-7,9H2,(H2,19,20,24)(H4,17,18,21,22). The van der Waals surface area contributed by atoms with Crippen LogP contribution in [0.15, 0.2) is 28.2 Å². The lowest BCUT2D eigenvalue weighted by molar-refractivity contribution is 0.251. The van der Waals surface area contributed by atoms with Crippen molar-refractivity contribution in [2.45, 2.75) is 44.3 Å². The Hall–Kier alpha value is -2.77. The number of anilines is 2. The second-order valence-electron chi connectivity index (χ2n) is 6.47. The normalized spacial score (nSPS) is 22.2. The minimum Gasteiger partial charge on any atom is -0.369 e. The minimum atomic E-state index is -0.473. The first-order chi connectivity index (χ1) is 11.6. The monoisotopic (exact) mass is 327 g/mol. The minimum absolute atomic E-state index is 0.199. The molecule has 126 valence electrons. The number of urea groups is 1. The summed E-state index contributed by atoms with van der Waals surface area (Å²) in [6, 6.07) is 5.72. The first kappa shape index (κ1) is 14.8. The number of carbonyl (C=O) groups is 1. The van der Waals surface area contributed by atoms with Gasteiger partial charge in [0.15, 0.2) is 0 Å². The molecule has 1 fully saturated rings. The smallest absolute Gasteiger partial charge is 0.319 e. The number of nitrogens with zero attached hydrogens (tertiary/aromatic N) is 3. The van der Waals surface area contributed by atoms with Crippen LogP contribution < -0.4 is 27.0 Å². The fourth-order valence-electron chi connectivity index (χ4n) is 3.81. The fraction of sp³-hybridized carbons (Fsp3) is 0.438. The van der Waals surface area contributed by atoms with Crippen molar-refractivity contribution in [3.8, 4) is 0 Å². The molecule has 1 aromatic rings. The lowest BCUT2D eigenvalue weighted by Gasteiger charge is -2.45. The van der Waals surface area contributed by atoms with Crippen LogP contribution in [0.3, 0.4) is 0 Å². The number of rotatable bonds is 1. The molecule has 1 aliphatic carbocycles. The van der Waals surface area contributed by atoms with Gasteiger partial charge in [0.25, 0.3) is 0 Å². The number of guanidine groups is 2. The van der Waals surface area contributed by atoms with E-state index < -0.39 is 5.66 Å². The lowest BCUT2D eigenvalue weighted by atomic mass is 9.87. The summed E-state index contributed by atoms with van der Waals surface area (Å²) < 4.78 is 0. The molecular formula is C16H21N7O. The number of nitrogens with two attached hydrogens (primary N) is 2. The molecule has 0 radical (unpaired) electrons. The molecule has 2 heterocycles. The first-order valence-electron chi connectivity index (χ1n) is 8.25. The Morgan fingerprint density at radius 1 is 1.17 bits per heavy atom. The largest absolute Gasteiger partial charge is 0.369 e. The van der Waals surface area contributed by atoms with Gasteiger partial charge < -0.3 is 22.1 Å². The second-order valence-corrected chi connectivity index (χ2v) is 6.47. The highest BCUT2D eigenvalue weighted by atomic mass is 16.2. The van der Waals surface area contributed by atoms with Gasteiger partial charge in [0.1, 0.15) is 5.66 Å². The zero-order valence-corrected chi connectivity index (χ0v) is 13.4. The van der Waals surface area contributed by atoms with Crippen LogP contribution in [0.1, 0.15) is 37.7 Å². The van der Waals surface area contributed by atoms with Crippen molar-refractivity contribution < 1.29 is 4.79 Å². The van der Waals surface area contributed by atoms with Gasteiger partial charge in [-0.25, -0.2) is 9.79 Å². The summed E-state index contributed by atoms with van der Waals surface area (Å²) in [5.74, 6) is 0.589. The number of hydrogen-bond donors (Lipinski definition) is 4. The SMILES string of the molecule is NC1=NC2(CCCCC2)N(c2ccc3c(c2)NC(=O)NC3)C(N)=N1. The summed E-state index contributed by atoms with van der Waals surface area (Å²) in [6.45, 7) is 0.515. The van der Waals surface area contributed by atoms with Crippen LogP contribution in [-0.4, -0.2) is 23.6 Å². The molecular weight excluding hydrogens is 306 g/mol. The van der Waals surface area contributed by atoms with E-state index in [9.17, 15) is 4.79 Å². The summed E-state index contributed by atoms with van der Waals surface area (Å²) in [5.41, 5.74) is 14.3. The van der Waals surface area contributed by atoms with Gasteiger partial charge in [-0.1, -0.05) is 12.5 Å². The molecule has 2 amide bonds. The Morgan fingerprint density at radius 3 is 2.75 bits per heavy atom. The lowest BCUT2D eigenvalue weighted by Crippen LogP contribution is -2.58. The van der Waals surface area contributed by atoms with Crippen LogP contribution in [0.4, 0.5) is 16.2 Å². The Labute approximate surface area is 140 Å². The molecule has 4 rings (SSSR count). The molecule has 0 bridgehead atoms. The average Bonchev–Trinajstić information content (AvgIpc) is 2.54. The maximum absolute atomic E-state index is 11.6. The van der Waals surface area contributed by atoms with E-state index in [2.05, 4.69) is 20.6 Å². The molecule has 2 aliphatic heterocycles. The van der Waals surface area contributed by atoms with Crippen LogP contribution in [-0.2, 0) is 6.54 Å². The molecule has 0 saturated heterocycles. The molecule has 8 heteroatoms. The second kappa shape index (κ2) is 5.40. The van der Waals surface area contributed by atoms with Crippen LogP contribution >= 0.6 is 0 Å². The van der Waals surface area contributed by atoms with E-state index >= 15 is 0 Å². The molecule has 0 atom stereocenters. The molecule has 0 aromatic heterocycles. The zero-order valence-electron chi connectivity index (χ0n) is 13.4. The maximum Gasteiger partial charge on any atom is 0.319 e. The molecule has 6 N–H and O–H groups in total. The van der Waals surface area contributed by atoms with Crippen molar-refractivity contribution in [2.24, 2.45) is 21.5 Å². The van der Waals surface area contributed by atoms with Crippen molar-refractivity contribution in [1.29, 1.82) is 0 Å². The van der Waals surface area contributed by atoms with Crippen LogP contribution in [0, 0.1) is 0 Å². The Kier molecular flexibility index (Phi) is 3.33. The third-order valence-electron chi connectivity index (χ3n) is 4.89. The summed E-state index contributed by atoms with van der Waals surface area (Å²) in [4.78, 5) is 22.4. The third-order valence-corrected chi connectivity index (χ3v) is 4.89. The quantitative estimate of drug-likeness (QED) is 0.623. The summed E-state index contributed by atoms with van der Waals surface area (Å²) in [7, 11) is 0. The molecule has 1 aromatic carbocycles. The topological polar surface area (TPSA) is 121 Å². The molecule has 24 heavy (non-hydrogen) atoms. The Morgan fingerprint density at radius 2 is 1.96 bits per heavy atom. The van der Waals surface area contributed by atoms with E-state index in [0.717, 1.165) is 42.6 Å². The average molecular weight is 327 g/mol. The molecule has 1 spiro atoms. The molecule has 8 nitrogen and oxygen atoms in total. The Balaban J connectivity index is 1.77. The van der Waals surface area contributed by atoms with Gasteiger partial charge in [-0.05, 0) is 43.4 Å². The predicted octanol–water partition coefficient (Wildman–Crippen LogP) is 1.43. The van der Waals surface area contributed by atoms with Gasteiger partial charge >= 0.3 is 6.03 Å². The van der Waals surface area contributed by atoms with Gasteiger partial charge in [-0.15, -0.1) is 0 Å². The summed E-state index contributed by atoms with van der Waals surface area (Å²) >= 11 is 0. The van der Waals surface area contributed by atoms with Gasteiger partial charge in [0, 0.05) is 17.9 Å². The highest BCUT2D eigenvalue weighted by Gasteiger charge is 2.42. The van der Waals surface area contributed by atoms with Gasteiger partial charge in [-0.3, -0.25) is 4.90 Å². The third kappa shape index (κ3) is 2.34. The van der Waals surface area contributed by atoms with Crippen molar-refractivity contribution in [3.05, 3.63) is 23.8 Å². The highest BCUT2D eigenvalue weighted by Crippen LogP contribution is 2.40. The fourth-order valence-corrected chi connectivity index (χ4v) is 3.81. The zero-order chi connectivity index (χ0) is 16.7. The van der Waals surface area contributed by atoms with E-state index in [0.29, 0.717) is 12.5 Å². The van der Waals surface area contributed by atoms with E-state index in [1.54, 1.807) is 0 Å². The molecule has 3 aliphatic rings. The van der Waals surface area contributed by atoms with Gasteiger partial charge in [0.2, 0.25) is 11.9 Å². The van der Waals surface area contributed by atoms with E-state index in [-0.39, 0.29) is 12.0 Å². The Bertz CT molecular complexity index is 749. The van der Waals surface area contributed by atoms with Crippen molar-refractivity contribution in [1.82, 2.24) is 5.32 Å². The van der Waals surface area contributed by atoms with Crippen LogP contribution in [0.25, 0.3) is 0 Å². The summed E-state index contributed by atoms with van der Waals surface area (Å²) in [5, 5.41) is 5.59. The van der Waals surface area contributed by atoms with Crippen molar-refractivity contribution >= 4 is 29.3 Å². The van der Waals surface area contributed by atoms with Crippen molar-refractivity contribution in [2.75, 3.05) is 10.2 Å². The number of benzene rings is 1. The number of aliphatic imine (C=N–C) groups is 2.